The maximum atomic E-state index is 11.8. The van der Waals surface area contributed by atoms with Crippen LogP contribution in [0.1, 0.15) is 22.5 Å². The summed E-state index contributed by atoms with van der Waals surface area (Å²) in [7, 11) is 0. The molecule has 0 aliphatic heterocycles. The highest BCUT2D eigenvalue weighted by Gasteiger charge is 2.35. The van der Waals surface area contributed by atoms with Gasteiger partial charge in [-0.15, -0.1) is 0 Å². The van der Waals surface area contributed by atoms with E-state index < -0.39 is 0 Å². The highest BCUT2D eigenvalue weighted by atomic mass is 16.3. The summed E-state index contributed by atoms with van der Waals surface area (Å²) < 4.78 is 5.50. The van der Waals surface area contributed by atoms with E-state index in [4.69, 9.17) is 10.2 Å². The van der Waals surface area contributed by atoms with E-state index >= 15 is 0 Å². The Bertz CT molecular complexity index is 588. The molecule has 0 saturated heterocycles. The number of carbonyl (C=O) groups excluding carboxylic acids is 1. The number of carbonyl (C=O) groups is 1. The van der Waals surface area contributed by atoms with Crippen LogP contribution in [-0.4, -0.2) is 18.0 Å². The second kappa shape index (κ2) is 3.60. The van der Waals surface area contributed by atoms with E-state index in [9.17, 15) is 4.79 Å². The monoisotopic (exact) mass is 230 g/mol. The zero-order chi connectivity index (χ0) is 12.0. The molecule has 0 spiro atoms. The summed E-state index contributed by atoms with van der Waals surface area (Å²) in [5, 5.41) is 3.79. The largest absolute Gasteiger partial charge is 0.451 e. The lowest BCUT2D eigenvalue weighted by Crippen LogP contribution is -2.29. The van der Waals surface area contributed by atoms with Gasteiger partial charge in [-0.25, -0.2) is 0 Å². The minimum atomic E-state index is -0.184. The van der Waals surface area contributed by atoms with Gasteiger partial charge in [0.05, 0.1) is 0 Å². The number of rotatable bonds is 2. The van der Waals surface area contributed by atoms with Crippen LogP contribution in [0.4, 0.5) is 0 Å². The van der Waals surface area contributed by atoms with Gasteiger partial charge in [0.2, 0.25) is 0 Å². The number of nitrogens with one attached hydrogen (secondary N) is 1. The van der Waals surface area contributed by atoms with Crippen molar-refractivity contribution in [3.63, 3.8) is 0 Å². The number of hydrogen-bond donors (Lipinski definition) is 2. The van der Waals surface area contributed by atoms with Crippen molar-refractivity contribution in [1.29, 1.82) is 0 Å². The second-order valence-corrected chi connectivity index (χ2v) is 4.63. The van der Waals surface area contributed by atoms with Crippen molar-refractivity contribution < 1.29 is 9.21 Å². The van der Waals surface area contributed by atoms with Gasteiger partial charge < -0.3 is 15.5 Å². The molecule has 1 fully saturated rings. The first-order chi connectivity index (χ1) is 8.13. The van der Waals surface area contributed by atoms with Crippen molar-refractivity contribution in [3.05, 3.63) is 35.6 Å². The molecule has 3 rings (SSSR count). The smallest absolute Gasteiger partial charge is 0.287 e. The lowest BCUT2D eigenvalue weighted by molar-refractivity contribution is 0.0924. The molecule has 17 heavy (non-hydrogen) atoms. The number of aryl methyl sites for hydroxylation is 1. The molecule has 1 amide bonds. The number of amides is 1. The van der Waals surface area contributed by atoms with E-state index in [2.05, 4.69) is 5.32 Å². The molecule has 2 unspecified atom stereocenters. The predicted octanol–water partition coefficient (Wildman–Crippen LogP) is 1.57. The molecule has 4 heteroatoms. The SMILES string of the molecule is Cc1ccc2oc(C(=O)NC3CC3N)cc2c1. The van der Waals surface area contributed by atoms with Crippen LogP contribution in [0.25, 0.3) is 11.0 Å². The van der Waals surface area contributed by atoms with Gasteiger partial charge >= 0.3 is 0 Å². The summed E-state index contributed by atoms with van der Waals surface area (Å²) in [6, 6.07) is 7.82. The Kier molecular flexibility index (Phi) is 2.19. The summed E-state index contributed by atoms with van der Waals surface area (Å²) in [5.41, 5.74) is 7.53. The zero-order valence-electron chi connectivity index (χ0n) is 9.57. The van der Waals surface area contributed by atoms with E-state index in [1.807, 2.05) is 25.1 Å². The van der Waals surface area contributed by atoms with Crippen LogP contribution in [0.2, 0.25) is 0 Å². The van der Waals surface area contributed by atoms with Gasteiger partial charge in [-0.1, -0.05) is 11.6 Å². The van der Waals surface area contributed by atoms with Gasteiger partial charge in [-0.3, -0.25) is 4.79 Å². The summed E-state index contributed by atoms with van der Waals surface area (Å²) >= 11 is 0. The van der Waals surface area contributed by atoms with Gasteiger partial charge in [0.1, 0.15) is 5.58 Å². The Hall–Kier alpha value is -1.81. The van der Waals surface area contributed by atoms with Crippen molar-refractivity contribution in [2.75, 3.05) is 0 Å². The quantitative estimate of drug-likeness (QED) is 0.822. The van der Waals surface area contributed by atoms with Crippen LogP contribution in [0.15, 0.2) is 28.7 Å². The van der Waals surface area contributed by atoms with Gasteiger partial charge in [0.25, 0.3) is 5.91 Å². The molecule has 2 aromatic rings. The van der Waals surface area contributed by atoms with E-state index in [0.717, 1.165) is 23.0 Å². The van der Waals surface area contributed by atoms with Gasteiger partial charge in [-0.05, 0) is 31.5 Å². The van der Waals surface area contributed by atoms with E-state index in [1.54, 1.807) is 6.07 Å². The Morgan fingerprint density at radius 1 is 1.47 bits per heavy atom. The predicted molar refractivity (Wildman–Crippen MR) is 64.8 cm³/mol. The number of hydrogen-bond acceptors (Lipinski definition) is 3. The molecule has 1 aromatic carbocycles. The van der Waals surface area contributed by atoms with Gasteiger partial charge in [-0.2, -0.15) is 0 Å². The van der Waals surface area contributed by atoms with E-state index in [0.29, 0.717) is 5.76 Å². The van der Waals surface area contributed by atoms with Crippen molar-refractivity contribution in [2.45, 2.75) is 25.4 Å². The maximum Gasteiger partial charge on any atom is 0.287 e. The highest BCUT2D eigenvalue weighted by Crippen LogP contribution is 2.22. The van der Waals surface area contributed by atoms with Gasteiger partial charge in [0, 0.05) is 17.5 Å². The average molecular weight is 230 g/mol. The maximum absolute atomic E-state index is 11.8. The fraction of sp³-hybridized carbons (Fsp3) is 0.308. The molecule has 4 nitrogen and oxygen atoms in total. The lowest BCUT2D eigenvalue weighted by atomic mass is 10.2. The standard InChI is InChI=1S/C13H14N2O2/c1-7-2-3-11-8(4-7)5-12(17-11)13(16)15-10-6-9(10)14/h2-5,9-10H,6,14H2,1H3,(H,15,16). The molecule has 0 radical (unpaired) electrons. The highest BCUT2D eigenvalue weighted by molar-refractivity contribution is 5.96. The molecule has 1 aromatic heterocycles. The molecular formula is C13H14N2O2. The van der Waals surface area contributed by atoms with Crippen LogP contribution in [-0.2, 0) is 0 Å². The summed E-state index contributed by atoms with van der Waals surface area (Å²) in [4.78, 5) is 11.8. The number of benzene rings is 1. The Morgan fingerprint density at radius 2 is 2.24 bits per heavy atom. The second-order valence-electron chi connectivity index (χ2n) is 4.63. The summed E-state index contributed by atoms with van der Waals surface area (Å²) in [5.74, 6) is 0.168. The van der Waals surface area contributed by atoms with Crippen LogP contribution in [0.5, 0.6) is 0 Å². The summed E-state index contributed by atoms with van der Waals surface area (Å²) in [6.45, 7) is 2.01. The normalized spacial score (nSPS) is 22.7. The topological polar surface area (TPSA) is 68.3 Å². The van der Waals surface area contributed by atoms with Crippen molar-refractivity contribution in [1.82, 2.24) is 5.32 Å². The van der Waals surface area contributed by atoms with E-state index in [-0.39, 0.29) is 18.0 Å². The first kappa shape index (κ1) is 10.4. The average Bonchev–Trinajstić information content (AvgIpc) is 2.81. The molecule has 1 aliphatic rings. The molecule has 3 N–H and O–H groups in total. The minimum Gasteiger partial charge on any atom is -0.451 e. The van der Waals surface area contributed by atoms with Crippen LogP contribution < -0.4 is 11.1 Å². The molecule has 2 atom stereocenters. The van der Waals surface area contributed by atoms with Crippen molar-refractivity contribution >= 4 is 16.9 Å². The summed E-state index contributed by atoms with van der Waals surface area (Å²) in [6.07, 6.45) is 0.852. The molecule has 0 bridgehead atoms. The molecule has 1 saturated carbocycles. The molecular weight excluding hydrogens is 216 g/mol. The third kappa shape index (κ3) is 1.91. The van der Waals surface area contributed by atoms with Crippen molar-refractivity contribution in [3.8, 4) is 0 Å². The zero-order valence-corrected chi connectivity index (χ0v) is 9.57. The molecule has 1 aliphatic carbocycles. The fourth-order valence-corrected chi connectivity index (χ4v) is 1.89. The third-order valence-electron chi connectivity index (χ3n) is 3.05. The van der Waals surface area contributed by atoms with Gasteiger partial charge in [0.15, 0.2) is 5.76 Å². The Morgan fingerprint density at radius 3 is 2.94 bits per heavy atom. The fourth-order valence-electron chi connectivity index (χ4n) is 1.89. The number of fused-ring (bicyclic) bond motifs is 1. The Balaban J connectivity index is 1.87. The first-order valence-corrected chi connectivity index (χ1v) is 5.70. The Labute approximate surface area is 98.8 Å². The third-order valence-corrected chi connectivity index (χ3v) is 3.05. The van der Waals surface area contributed by atoms with Crippen LogP contribution in [0.3, 0.4) is 0 Å². The number of furan rings is 1. The minimum absolute atomic E-state index is 0.102. The van der Waals surface area contributed by atoms with Crippen LogP contribution in [0, 0.1) is 6.92 Å². The lowest BCUT2D eigenvalue weighted by Gasteiger charge is -1.98. The first-order valence-electron chi connectivity index (χ1n) is 5.70. The number of nitrogens with two attached hydrogens (primary N) is 1. The molecule has 88 valence electrons. The van der Waals surface area contributed by atoms with E-state index in [1.165, 1.54) is 0 Å². The van der Waals surface area contributed by atoms with Crippen molar-refractivity contribution in [2.24, 2.45) is 5.73 Å². The van der Waals surface area contributed by atoms with Crippen LogP contribution >= 0.6 is 0 Å². The molecule has 1 heterocycles.